The molecular weight excluding hydrogens is 491 g/mol. The van der Waals surface area contributed by atoms with Crippen molar-refractivity contribution in [2.24, 2.45) is 11.8 Å². The van der Waals surface area contributed by atoms with E-state index in [1.54, 1.807) is 0 Å². The number of benzene rings is 1. The monoisotopic (exact) mass is 528 g/mol. The number of anilines is 1. The molecule has 7 nitrogen and oxygen atoms in total. The fourth-order valence-electron chi connectivity index (χ4n) is 5.29. The fraction of sp³-hybridized carbons (Fsp3) is 0.607. The number of halogens is 1. The van der Waals surface area contributed by atoms with E-state index in [9.17, 15) is 4.79 Å². The van der Waals surface area contributed by atoms with Crippen molar-refractivity contribution in [3.63, 3.8) is 0 Å². The third kappa shape index (κ3) is 6.30. The summed E-state index contributed by atoms with van der Waals surface area (Å²) in [7, 11) is 0. The number of ether oxygens (including phenoxy) is 1. The van der Waals surface area contributed by atoms with Gasteiger partial charge in [-0.3, -0.25) is 4.79 Å². The van der Waals surface area contributed by atoms with E-state index >= 15 is 4.39 Å². The Morgan fingerprint density at radius 2 is 1.97 bits per heavy atom. The first-order valence-corrected chi connectivity index (χ1v) is 14.7. The van der Waals surface area contributed by atoms with Crippen LogP contribution in [-0.4, -0.2) is 65.2 Å². The molecule has 2 aromatic rings. The van der Waals surface area contributed by atoms with Crippen molar-refractivity contribution in [1.29, 1.82) is 0 Å². The first-order valence-electron chi connectivity index (χ1n) is 13.5. The lowest BCUT2D eigenvalue weighted by Crippen LogP contribution is -2.41. The van der Waals surface area contributed by atoms with Gasteiger partial charge in [0.15, 0.2) is 5.82 Å². The second-order valence-corrected chi connectivity index (χ2v) is 11.8. The van der Waals surface area contributed by atoms with Crippen molar-refractivity contribution < 1.29 is 18.4 Å². The maximum atomic E-state index is 15.0. The maximum Gasteiger partial charge on any atom is 0.324 e. The number of carbonyl (C=O) groups excluding carboxylic acids is 1. The Morgan fingerprint density at radius 1 is 1.19 bits per heavy atom. The molecule has 0 radical (unpaired) electrons. The number of rotatable bonds is 7. The van der Waals surface area contributed by atoms with Crippen LogP contribution in [0.1, 0.15) is 63.3 Å². The summed E-state index contributed by atoms with van der Waals surface area (Å²) in [5.41, 5.74) is 1.62. The van der Waals surface area contributed by atoms with Crippen molar-refractivity contribution in [3.8, 4) is 5.75 Å². The molecule has 200 valence electrons. The molecule has 5 rings (SSSR count). The van der Waals surface area contributed by atoms with E-state index in [1.807, 2.05) is 42.6 Å². The zero-order valence-corrected chi connectivity index (χ0v) is 22.6. The summed E-state index contributed by atoms with van der Waals surface area (Å²) in [6.45, 7) is 8.05. The molecule has 1 aromatic heterocycles. The first kappa shape index (κ1) is 26.1. The molecule has 2 fully saturated rings. The van der Waals surface area contributed by atoms with E-state index in [4.69, 9.17) is 9.26 Å². The second-order valence-electron chi connectivity index (χ2n) is 10.6. The Kier molecular flexibility index (Phi) is 8.37. The van der Waals surface area contributed by atoms with Gasteiger partial charge in [0.25, 0.3) is 0 Å². The van der Waals surface area contributed by atoms with Crippen LogP contribution < -0.4 is 9.64 Å². The molecule has 0 N–H and O–H groups in total. The fourth-order valence-corrected chi connectivity index (χ4v) is 6.19. The second kappa shape index (κ2) is 11.9. The zero-order valence-electron chi connectivity index (χ0n) is 21.8. The topological polar surface area (TPSA) is 71.7 Å². The number of allylic oxidation sites excluding steroid dienone is 2. The van der Waals surface area contributed by atoms with Crippen molar-refractivity contribution in [3.05, 3.63) is 41.5 Å². The van der Waals surface area contributed by atoms with Crippen molar-refractivity contribution in [2.75, 3.05) is 49.2 Å². The lowest BCUT2D eigenvalue weighted by atomic mass is 9.85. The summed E-state index contributed by atoms with van der Waals surface area (Å²) in [5.74, 6) is 4.04. The normalized spacial score (nSPS) is 21.3. The van der Waals surface area contributed by atoms with Gasteiger partial charge in [0, 0.05) is 61.2 Å². The minimum absolute atomic E-state index is 0.0287. The molecule has 2 saturated heterocycles. The highest BCUT2D eigenvalue weighted by Gasteiger charge is 2.28. The number of carbonyl (C=O) groups is 1. The van der Waals surface area contributed by atoms with Gasteiger partial charge in [-0.2, -0.15) is 16.7 Å². The number of thioether (sulfide) groups is 1. The molecule has 1 unspecified atom stereocenters. The van der Waals surface area contributed by atoms with Gasteiger partial charge in [-0.1, -0.05) is 25.1 Å². The molecule has 0 bridgehead atoms. The Balaban J connectivity index is 1.10. The van der Waals surface area contributed by atoms with Gasteiger partial charge in [-0.05, 0) is 55.7 Å². The number of piperidine rings is 1. The minimum Gasteiger partial charge on any atom is -0.493 e. The summed E-state index contributed by atoms with van der Waals surface area (Å²) in [5, 5.41) is 4.06. The number of nitrogens with zero attached hydrogens (tertiary/aromatic N) is 4. The van der Waals surface area contributed by atoms with Crippen molar-refractivity contribution >= 4 is 29.3 Å². The van der Waals surface area contributed by atoms with Crippen LogP contribution >= 0.6 is 11.8 Å². The lowest BCUT2D eigenvalue weighted by Gasteiger charge is -2.31. The number of amides is 1. The van der Waals surface area contributed by atoms with Gasteiger partial charge in [-0.15, -0.1) is 0 Å². The van der Waals surface area contributed by atoms with Crippen molar-refractivity contribution in [1.82, 2.24) is 15.0 Å². The molecule has 9 heteroatoms. The molecule has 3 aliphatic rings. The third-order valence-electron chi connectivity index (χ3n) is 7.69. The first-order chi connectivity index (χ1) is 18.0. The van der Waals surface area contributed by atoms with E-state index in [2.05, 4.69) is 21.1 Å². The Labute approximate surface area is 222 Å². The van der Waals surface area contributed by atoms with Gasteiger partial charge in [0.05, 0.1) is 6.61 Å². The van der Waals surface area contributed by atoms with Gasteiger partial charge in [-0.25, -0.2) is 4.39 Å². The lowest BCUT2D eigenvalue weighted by molar-refractivity contribution is -0.135. The molecule has 1 aromatic carbocycles. The van der Waals surface area contributed by atoms with Crippen molar-refractivity contribution in [2.45, 2.75) is 51.9 Å². The van der Waals surface area contributed by atoms with E-state index in [0.717, 1.165) is 74.8 Å². The predicted octanol–water partition coefficient (Wildman–Crippen LogP) is 5.39. The van der Waals surface area contributed by atoms with Gasteiger partial charge in [0.1, 0.15) is 11.6 Å². The highest BCUT2D eigenvalue weighted by atomic mass is 32.2. The summed E-state index contributed by atoms with van der Waals surface area (Å²) >= 11 is 1.91. The van der Waals surface area contributed by atoms with Crippen LogP contribution in [0, 0.1) is 17.7 Å². The molecule has 0 saturated carbocycles. The number of aromatic nitrogens is 2. The molecule has 1 aliphatic carbocycles. The summed E-state index contributed by atoms with van der Waals surface area (Å²) in [6, 6.07) is 5.78. The summed E-state index contributed by atoms with van der Waals surface area (Å²) < 4.78 is 26.4. The summed E-state index contributed by atoms with van der Waals surface area (Å²) in [4.78, 5) is 21.4. The quantitative estimate of drug-likeness (QED) is 0.477. The molecule has 2 aliphatic heterocycles. The van der Waals surface area contributed by atoms with E-state index in [-0.39, 0.29) is 23.6 Å². The van der Waals surface area contributed by atoms with Crippen LogP contribution in [0.15, 0.2) is 28.8 Å². The average Bonchev–Trinajstić information content (AvgIpc) is 3.43. The molecule has 1 amide bonds. The van der Waals surface area contributed by atoms with Crippen LogP contribution in [-0.2, 0) is 4.79 Å². The molecule has 37 heavy (non-hydrogen) atoms. The smallest absolute Gasteiger partial charge is 0.324 e. The zero-order chi connectivity index (χ0) is 25.8. The Bertz CT molecular complexity index is 1110. The van der Waals surface area contributed by atoms with Crippen LogP contribution in [0.3, 0.4) is 0 Å². The SMILES string of the molecule is CC(C)c1noc(N2CCC(COc3ccc(C4=CCC(C(=O)N5CCSCC5)CC4)c(F)c3)CC2)n1. The molecule has 3 heterocycles. The van der Waals surface area contributed by atoms with Gasteiger partial charge in [0.2, 0.25) is 5.91 Å². The predicted molar refractivity (Wildman–Crippen MR) is 144 cm³/mol. The average molecular weight is 529 g/mol. The molecule has 0 spiro atoms. The van der Waals surface area contributed by atoms with Crippen LogP contribution in [0.2, 0.25) is 0 Å². The highest BCUT2D eigenvalue weighted by Crippen LogP contribution is 2.34. The van der Waals surface area contributed by atoms with Gasteiger partial charge < -0.3 is 19.1 Å². The van der Waals surface area contributed by atoms with E-state index in [0.29, 0.717) is 36.3 Å². The van der Waals surface area contributed by atoms with Gasteiger partial charge >= 0.3 is 6.01 Å². The minimum atomic E-state index is -0.256. The maximum absolute atomic E-state index is 15.0. The highest BCUT2D eigenvalue weighted by molar-refractivity contribution is 7.99. The number of hydrogen-bond donors (Lipinski definition) is 0. The van der Waals surface area contributed by atoms with Crippen LogP contribution in [0.4, 0.5) is 10.4 Å². The number of hydrogen-bond acceptors (Lipinski definition) is 7. The Morgan fingerprint density at radius 3 is 2.62 bits per heavy atom. The van der Waals surface area contributed by atoms with Crippen LogP contribution in [0.5, 0.6) is 5.75 Å². The third-order valence-corrected chi connectivity index (χ3v) is 8.63. The van der Waals surface area contributed by atoms with E-state index in [1.165, 1.54) is 6.07 Å². The largest absolute Gasteiger partial charge is 0.493 e. The summed E-state index contributed by atoms with van der Waals surface area (Å²) in [6.07, 6.45) is 6.19. The standard InChI is InChI=1S/C28H37FN4O3S/c1-19(2)26-30-28(36-31-26)33-11-9-20(10-12-33)18-35-23-7-8-24(25(29)17-23)21-3-5-22(6-4-21)27(34)32-13-15-37-16-14-32/h3,7-8,17,19-20,22H,4-6,9-16,18H2,1-2H3. The van der Waals surface area contributed by atoms with E-state index < -0.39 is 0 Å². The Hall–Kier alpha value is -2.55. The van der Waals surface area contributed by atoms with Crippen LogP contribution in [0.25, 0.3) is 5.57 Å². The molecule has 1 atom stereocenters. The molecular formula is C28H37FN4O3S.